The van der Waals surface area contributed by atoms with Crippen LogP contribution in [0.4, 0.5) is 13.2 Å². The van der Waals surface area contributed by atoms with Crippen molar-refractivity contribution in [2.75, 3.05) is 0 Å². The Kier molecular flexibility index (Phi) is 2.80. The summed E-state index contributed by atoms with van der Waals surface area (Å²) in [6.07, 6.45) is -2.74. The molecule has 0 saturated carbocycles. The van der Waals surface area contributed by atoms with Crippen LogP contribution in [0.1, 0.15) is 18.1 Å². The topological polar surface area (TPSA) is 37.5 Å². The van der Waals surface area contributed by atoms with E-state index in [1.165, 1.54) is 13.0 Å². The summed E-state index contributed by atoms with van der Waals surface area (Å²) in [7, 11) is 1.73. The molecule has 1 aromatic carbocycles. The second-order valence-electron chi connectivity index (χ2n) is 4.07. The van der Waals surface area contributed by atoms with Crippen LogP contribution >= 0.6 is 0 Å². The van der Waals surface area contributed by atoms with Crippen molar-refractivity contribution in [3.05, 3.63) is 35.5 Å². The molecule has 0 fully saturated rings. The number of nitrogens with zero attached hydrogens (tertiary/aromatic N) is 2. The first-order valence-corrected chi connectivity index (χ1v) is 5.20. The van der Waals surface area contributed by atoms with E-state index in [0.29, 0.717) is 16.5 Å². The van der Waals surface area contributed by atoms with Gasteiger partial charge in [0.15, 0.2) is 0 Å². The van der Waals surface area contributed by atoms with Crippen LogP contribution in [0.15, 0.2) is 29.6 Å². The Labute approximate surface area is 101 Å². The first-order chi connectivity index (χ1) is 8.34. The van der Waals surface area contributed by atoms with Crippen molar-refractivity contribution in [2.45, 2.75) is 13.1 Å². The molecule has 0 aliphatic heterocycles. The molecule has 2 aromatic rings. The zero-order valence-corrected chi connectivity index (χ0v) is 9.78. The molecular weight excluding hydrogens is 245 g/mol. The lowest BCUT2D eigenvalue weighted by Crippen LogP contribution is -2.04. The van der Waals surface area contributed by atoms with Crippen LogP contribution in [0.5, 0.6) is 0 Å². The molecule has 0 saturated heterocycles. The second kappa shape index (κ2) is 4.04. The van der Waals surface area contributed by atoms with E-state index < -0.39 is 11.7 Å². The minimum Gasteiger partial charge on any atom is -0.411 e. The maximum Gasteiger partial charge on any atom is 0.416 e. The highest BCUT2D eigenvalue weighted by Gasteiger charge is 2.31. The van der Waals surface area contributed by atoms with Crippen LogP contribution in [0.25, 0.3) is 10.9 Å². The van der Waals surface area contributed by atoms with E-state index in [1.54, 1.807) is 17.8 Å². The molecule has 1 N–H and O–H groups in total. The number of rotatable bonds is 1. The lowest BCUT2D eigenvalue weighted by Gasteiger charge is -2.07. The lowest BCUT2D eigenvalue weighted by molar-refractivity contribution is -0.137. The number of benzene rings is 1. The third-order valence-corrected chi connectivity index (χ3v) is 2.86. The summed E-state index contributed by atoms with van der Waals surface area (Å²) in [5.74, 6) is 0. The predicted molar refractivity (Wildman–Crippen MR) is 61.9 cm³/mol. The van der Waals surface area contributed by atoms with E-state index >= 15 is 0 Å². The number of hydrogen-bond acceptors (Lipinski definition) is 2. The predicted octanol–water partition coefficient (Wildman–Crippen LogP) is 3.40. The van der Waals surface area contributed by atoms with Crippen molar-refractivity contribution in [1.82, 2.24) is 4.57 Å². The average Bonchev–Trinajstić information content (AvgIpc) is 2.64. The van der Waals surface area contributed by atoms with E-state index in [9.17, 15) is 13.2 Å². The minimum absolute atomic E-state index is 0.278. The highest BCUT2D eigenvalue weighted by molar-refractivity contribution is 6.09. The van der Waals surface area contributed by atoms with E-state index in [4.69, 9.17) is 5.21 Å². The third-order valence-electron chi connectivity index (χ3n) is 2.86. The van der Waals surface area contributed by atoms with Gasteiger partial charge >= 0.3 is 6.18 Å². The van der Waals surface area contributed by atoms with Crippen molar-refractivity contribution in [2.24, 2.45) is 12.2 Å². The molecule has 0 aliphatic rings. The minimum atomic E-state index is -4.38. The van der Waals surface area contributed by atoms with Gasteiger partial charge in [-0.05, 0) is 25.1 Å². The molecule has 96 valence electrons. The lowest BCUT2D eigenvalue weighted by atomic mass is 10.1. The summed E-state index contributed by atoms with van der Waals surface area (Å²) in [5.41, 5.74) is 0.704. The molecule has 18 heavy (non-hydrogen) atoms. The number of aromatic nitrogens is 1. The van der Waals surface area contributed by atoms with Crippen molar-refractivity contribution in [3.8, 4) is 0 Å². The molecule has 0 aliphatic carbocycles. The van der Waals surface area contributed by atoms with Gasteiger partial charge in [0.2, 0.25) is 0 Å². The van der Waals surface area contributed by atoms with Crippen LogP contribution in [0.2, 0.25) is 0 Å². The Morgan fingerprint density at radius 3 is 2.56 bits per heavy atom. The van der Waals surface area contributed by atoms with E-state index in [1.807, 2.05) is 0 Å². The Morgan fingerprint density at radius 1 is 1.33 bits per heavy atom. The molecule has 1 aromatic heterocycles. The summed E-state index contributed by atoms with van der Waals surface area (Å²) in [6.45, 7) is 1.54. The number of alkyl halides is 3. The zero-order chi connectivity index (χ0) is 13.5. The van der Waals surface area contributed by atoms with E-state index in [2.05, 4.69) is 5.16 Å². The molecular formula is C12H11F3N2O. The summed E-state index contributed by atoms with van der Waals surface area (Å²) in [4.78, 5) is 0. The van der Waals surface area contributed by atoms with E-state index in [-0.39, 0.29) is 5.71 Å². The fourth-order valence-corrected chi connectivity index (χ4v) is 1.91. The largest absolute Gasteiger partial charge is 0.416 e. The molecule has 0 amide bonds. The van der Waals surface area contributed by atoms with Crippen molar-refractivity contribution < 1.29 is 18.4 Å². The van der Waals surface area contributed by atoms with Gasteiger partial charge in [0, 0.05) is 29.7 Å². The third kappa shape index (κ3) is 1.94. The van der Waals surface area contributed by atoms with Crippen LogP contribution in [-0.4, -0.2) is 15.5 Å². The Bertz CT molecular complexity index is 626. The molecule has 0 radical (unpaired) electrons. The maximum absolute atomic E-state index is 12.7. The van der Waals surface area contributed by atoms with Crippen molar-refractivity contribution in [1.29, 1.82) is 0 Å². The molecule has 3 nitrogen and oxygen atoms in total. The van der Waals surface area contributed by atoms with Gasteiger partial charge in [0.25, 0.3) is 0 Å². The Morgan fingerprint density at radius 2 is 2.00 bits per heavy atom. The maximum atomic E-state index is 12.7. The quantitative estimate of drug-likeness (QED) is 0.474. The molecule has 0 bridgehead atoms. The average molecular weight is 256 g/mol. The fourth-order valence-electron chi connectivity index (χ4n) is 1.91. The van der Waals surface area contributed by atoms with E-state index in [0.717, 1.165) is 12.1 Å². The summed E-state index contributed by atoms with van der Waals surface area (Å²) in [6, 6.07) is 3.52. The van der Waals surface area contributed by atoms with Gasteiger partial charge in [-0.1, -0.05) is 5.16 Å². The summed E-state index contributed by atoms with van der Waals surface area (Å²) < 4.78 is 39.6. The van der Waals surface area contributed by atoms with Crippen molar-refractivity contribution in [3.63, 3.8) is 0 Å². The number of fused-ring (bicyclic) bond motifs is 1. The van der Waals surface area contributed by atoms with Crippen LogP contribution < -0.4 is 0 Å². The number of aryl methyl sites for hydroxylation is 1. The first kappa shape index (κ1) is 12.5. The second-order valence-corrected chi connectivity index (χ2v) is 4.07. The number of halogens is 3. The Balaban J connectivity index is 2.75. The van der Waals surface area contributed by atoms with Gasteiger partial charge in [0.1, 0.15) is 0 Å². The molecule has 2 rings (SSSR count). The summed E-state index contributed by atoms with van der Waals surface area (Å²) in [5, 5.41) is 12.2. The smallest absolute Gasteiger partial charge is 0.411 e. The highest BCUT2D eigenvalue weighted by atomic mass is 19.4. The normalized spacial score (nSPS) is 13.3. The van der Waals surface area contributed by atoms with Crippen molar-refractivity contribution >= 4 is 16.6 Å². The standard InChI is InChI=1S/C12H11F3N2O/c1-7(16-18)10-6-17(2)11-4-3-8(5-9(10)11)12(13,14)15/h3-6,18H,1-2H3. The first-order valence-electron chi connectivity index (χ1n) is 5.20. The molecule has 1 heterocycles. The highest BCUT2D eigenvalue weighted by Crippen LogP contribution is 2.33. The van der Waals surface area contributed by atoms with Crippen LogP contribution in [0, 0.1) is 0 Å². The van der Waals surface area contributed by atoms with Gasteiger partial charge in [-0.25, -0.2) is 0 Å². The van der Waals surface area contributed by atoms with Gasteiger partial charge < -0.3 is 9.77 Å². The fraction of sp³-hybridized carbons (Fsp3) is 0.250. The zero-order valence-electron chi connectivity index (χ0n) is 9.78. The SMILES string of the molecule is CC(=NO)c1cn(C)c2ccc(C(F)(F)F)cc12. The van der Waals surface area contributed by atoms with Crippen LogP contribution in [0.3, 0.4) is 0 Å². The van der Waals surface area contributed by atoms with Gasteiger partial charge in [-0.2, -0.15) is 13.2 Å². The molecule has 0 spiro atoms. The number of hydrogen-bond donors (Lipinski definition) is 1. The molecule has 0 atom stereocenters. The number of oxime groups is 1. The van der Waals surface area contributed by atoms with Gasteiger partial charge in [-0.15, -0.1) is 0 Å². The molecule has 0 unspecified atom stereocenters. The van der Waals surface area contributed by atoms with Gasteiger partial charge in [0.05, 0.1) is 11.3 Å². The van der Waals surface area contributed by atoms with Crippen LogP contribution in [-0.2, 0) is 13.2 Å². The summed E-state index contributed by atoms with van der Waals surface area (Å²) >= 11 is 0. The monoisotopic (exact) mass is 256 g/mol. The molecule has 6 heteroatoms. The van der Waals surface area contributed by atoms with Gasteiger partial charge in [-0.3, -0.25) is 0 Å². The Hall–Kier alpha value is -1.98.